The van der Waals surface area contributed by atoms with Crippen LogP contribution in [0.15, 0.2) is 30.5 Å². The molecule has 2 aromatic rings. The maximum atomic E-state index is 13.2. The lowest BCUT2D eigenvalue weighted by Gasteiger charge is -2.38. The van der Waals surface area contributed by atoms with Crippen LogP contribution in [0, 0.1) is 5.92 Å². The van der Waals surface area contributed by atoms with Gasteiger partial charge in [0.25, 0.3) is 5.91 Å². The SMILES string of the molecule is CCO[C@]1(C(=O)Nc2ccc(OC(C)C)c3ncccc23)CCC[C@@H](C)C1. The molecule has 5 heteroatoms. The number of anilines is 1. The van der Waals surface area contributed by atoms with Crippen LogP contribution >= 0.6 is 0 Å². The van der Waals surface area contributed by atoms with Crippen molar-refractivity contribution in [3.05, 3.63) is 30.5 Å². The van der Waals surface area contributed by atoms with Crippen molar-refractivity contribution in [3.8, 4) is 5.75 Å². The second-order valence-electron chi connectivity index (χ2n) is 7.76. The number of fused-ring (bicyclic) bond motifs is 1. The first-order valence-electron chi connectivity index (χ1n) is 9.95. The Labute approximate surface area is 161 Å². The Balaban J connectivity index is 1.92. The molecular formula is C22H30N2O3. The molecule has 1 amide bonds. The van der Waals surface area contributed by atoms with Crippen molar-refractivity contribution in [2.45, 2.75) is 65.1 Å². The fraction of sp³-hybridized carbons (Fsp3) is 0.545. The van der Waals surface area contributed by atoms with Crippen molar-refractivity contribution in [1.82, 2.24) is 4.98 Å². The Bertz CT molecular complexity index is 801. The highest BCUT2D eigenvalue weighted by molar-refractivity contribution is 6.05. The third-order valence-electron chi connectivity index (χ3n) is 5.13. The first-order valence-corrected chi connectivity index (χ1v) is 9.95. The lowest BCUT2D eigenvalue weighted by atomic mass is 9.78. The molecule has 1 fully saturated rings. The highest BCUT2D eigenvalue weighted by Gasteiger charge is 2.42. The monoisotopic (exact) mass is 370 g/mol. The molecule has 1 N–H and O–H groups in total. The molecule has 1 aliphatic carbocycles. The van der Waals surface area contributed by atoms with Gasteiger partial charge in [-0.05, 0) is 70.2 Å². The van der Waals surface area contributed by atoms with Crippen LogP contribution in [0.25, 0.3) is 10.9 Å². The third-order valence-corrected chi connectivity index (χ3v) is 5.13. The summed E-state index contributed by atoms with van der Waals surface area (Å²) in [6, 6.07) is 7.60. The topological polar surface area (TPSA) is 60.5 Å². The second-order valence-corrected chi connectivity index (χ2v) is 7.76. The summed E-state index contributed by atoms with van der Waals surface area (Å²) < 4.78 is 11.9. The van der Waals surface area contributed by atoms with Gasteiger partial charge in [0.05, 0.1) is 11.8 Å². The first-order chi connectivity index (χ1) is 12.9. The lowest BCUT2D eigenvalue weighted by Crippen LogP contribution is -2.48. The van der Waals surface area contributed by atoms with E-state index < -0.39 is 5.60 Å². The van der Waals surface area contributed by atoms with Crippen LogP contribution < -0.4 is 10.1 Å². The van der Waals surface area contributed by atoms with Gasteiger partial charge >= 0.3 is 0 Å². The fourth-order valence-corrected chi connectivity index (χ4v) is 4.02. The van der Waals surface area contributed by atoms with Crippen LogP contribution in [0.3, 0.4) is 0 Å². The number of nitrogens with zero attached hydrogens (tertiary/aromatic N) is 1. The van der Waals surface area contributed by atoms with E-state index in [1.54, 1.807) is 6.20 Å². The second kappa shape index (κ2) is 8.26. The minimum atomic E-state index is -0.742. The molecule has 3 rings (SSSR count). The molecule has 146 valence electrons. The highest BCUT2D eigenvalue weighted by Crippen LogP contribution is 2.37. The number of carbonyl (C=O) groups is 1. The zero-order valence-corrected chi connectivity index (χ0v) is 16.7. The number of aromatic nitrogens is 1. The summed E-state index contributed by atoms with van der Waals surface area (Å²) in [5, 5.41) is 4.00. The third kappa shape index (κ3) is 4.24. The molecule has 1 heterocycles. The molecule has 0 saturated heterocycles. The fourth-order valence-electron chi connectivity index (χ4n) is 4.02. The van der Waals surface area contributed by atoms with Crippen LogP contribution in [0.4, 0.5) is 5.69 Å². The lowest BCUT2D eigenvalue weighted by molar-refractivity contribution is -0.147. The largest absolute Gasteiger partial charge is 0.489 e. The van der Waals surface area contributed by atoms with Crippen LogP contribution in [-0.4, -0.2) is 29.2 Å². The Morgan fingerprint density at radius 3 is 2.89 bits per heavy atom. The minimum Gasteiger partial charge on any atom is -0.489 e. The summed E-state index contributed by atoms with van der Waals surface area (Å²) >= 11 is 0. The zero-order valence-electron chi connectivity index (χ0n) is 16.7. The molecule has 1 aromatic heterocycles. The molecule has 0 radical (unpaired) electrons. The van der Waals surface area contributed by atoms with E-state index in [1.165, 1.54) is 0 Å². The Kier molecular flexibility index (Phi) is 6.00. The molecule has 27 heavy (non-hydrogen) atoms. The van der Waals surface area contributed by atoms with Crippen molar-refractivity contribution in [2.24, 2.45) is 5.92 Å². The van der Waals surface area contributed by atoms with Gasteiger partial charge in [-0.2, -0.15) is 0 Å². The number of benzene rings is 1. The standard InChI is InChI=1S/C22H30N2O3/c1-5-26-22(12-6-8-16(4)14-22)21(25)24-18-10-11-19(27-15(2)3)20-17(18)9-7-13-23-20/h7,9-11,13,15-16H,5-6,8,12,14H2,1-4H3,(H,24,25)/t16-,22-/m1/s1. The van der Waals surface area contributed by atoms with Gasteiger partial charge in [0, 0.05) is 18.2 Å². The van der Waals surface area contributed by atoms with E-state index in [0.29, 0.717) is 12.5 Å². The van der Waals surface area contributed by atoms with E-state index >= 15 is 0 Å². The van der Waals surface area contributed by atoms with Crippen molar-refractivity contribution in [3.63, 3.8) is 0 Å². The van der Waals surface area contributed by atoms with E-state index in [1.807, 2.05) is 45.0 Å². The Hall–Kier alpha value is -2.14. The van der Waals surface area contributed by atoms with E-state index in [0.717, 1.165) is 48.0 Å². The molecule has 0 unspecified atom stereocenters. The van der Waals surface area contributed by atoms with Gasteiger partial charge in [0.15, 0.2) is 0 Å². The number of hydrogen-bond acceptors (Lipinski definition) is 4. The number of pyridine rings is 1. The summed E-state index contributed by atoms with van der Waals surface area (Å²) in [6.07, 6.45) is 5.49. The number of nitrogens with one attached hydrogen (secondary N) is 1. The summed E-state index contributed by atoms with van der Waals surface area (Å²) in [5.41, 5.74) is 0.761. The quantitative estimate of drug-likeness (QED) is 0.782. The zero-order chi connectivity index (χ0) is 19.4. The molecular weight excluding hydrogens is 340 g/mol. The number of carbonyl (C=O) groups excluding carboxylic acids is 1. The predicted octanol–water partition coefficient (Wildman–Crippen LogP) is 4.95. The number of rotatable bonds is 6. The minimum absolute atomic E-state index is 0.0561. The Morgan fingerprint density at radius 1 is 1.37 bits per heavy atom. The highest BCUT2D eigenvalue weighted by atomic mass is 16.5. The van der Waals surface area contributed by atoms with Gasteiger partial charge in [0.1, 0.15) is 16.9 Å². The maximum absolute atomic E-state index is 13.2. The van der Waals surface area contributed by atoms with E-state index in [-0.39, 0.29) is 12.0 Å². The van der Waals surface area contributed by atoms with E-state index in [4.69, 9.17) is 9.47 Å². The molecule has 1 aliphatic rings. The molecule has 0 aliphatic heterocycles. The average Bonchev–Trinajstić information content (AvgIpc) is 2.63. The number of amides is 1. The molecule has 0 bridgehead atoms. The summed E-state index contributed by atoms with van der Waals surface area (Å²) in [6.45, 7) is 8.65. The van der Waals surface area contributed by atoms with Gasteiger partial charge in [-0.15, -0.1) is 0 Å². The van der Waals surface area contributed by atoms with Gasteiger partial charge in [0.2, 0.25) is 0 Å². The average molecular weight is 370 g/mol. The van der Waals surface area contributed by atoms with Crippen LogP contribution in [-0.2, 0) is 9.53 Å². The van der Waals surface area contributed by atoms with Crippen molar-refractivity contribution >= 4 is 22.5 Å². The van der Waals surface area contributed by atoms with Gasteiger partial charge in [-0.25, -0.2) is 0 Å². The normalized spacial score (nSPS) is 22.8. The van der Waals surface area contributed by atoms with Gasteiger partial charge in [-0.3, -0.25) is 9.78 Å². The predicted molar refractivity (Wildman–Crippen MR) is 108 cm³/mol. The van der Waals surface area contributed by atoms with Crippen molar-refractivity contribution < 1.29 is 14.3 Å². The molecule has 1 saturated carbocycles. The van der Waals surface area contributed by atoms with Crippen molar-refractivity contribution in [1.29, 1.82) is 0 Å². The summed E-state index contributed by atoms with van der Waals surface area (Å²) in [7, 11) is 0. The van der Waals surface area contributed by atoms with Crippen LogP contribution in [0.5, 0.6) is 5.75 Å². The van der Waals surface area contributed by atoms with Crippen molar-refractivity contribution in [2.75, 3.05) is 11.9 Å². The van der Waals surface area contributed by atoms with E-state index in [9.17, 15) is 4.79 Å². The van der Waals surface area contributed by atoms with Crippen LogP contribution in [0.1, 0.15) is 53.4 Å². The number of ether oxygens (including phenoxy) is 2. The maximum Gasteiger partial charge on any atom is 0.256 e. The molecule has 5 nitrogen and oxygen atoms in total. The van der Waals surface area contributed by atoms with Gasteiger partial charge < -0.3 is 14.8 Å². The molecule has 2 atom stereocenters. The van der Waals surface area contributed by atoms with Crippen LogP contribution in [0.2, 0.25) is 0 Å². The van der Waals surface area contributed by atoms with E-state index in [2.05, 4.69) is 17.2 Å². The summed E-state index contributed by atoms with van der Waals surface area (Å²) in [4.78, 5) is 17.7. The molecule has 0 spiro atoms. The number of hydrogen-bond donors (Lipinski definition) is 1. The van der Waals surface area contributed by atoms with Gasteiger partial charge in [-0.1, -0.05) is 13.3 Å². The molecule has 1 aromatic carbocycles. The summed E-state index contributed by atoms with van der Waals surface area (Å²) in [5.74, 6) is 1.15. The first kappa shape index (κ1) is 19.6. The smallest absolute Gasteiger partial charge is 0.256 e. The Morgan fingerprint density at radius 2 is 2.19 bits per heavy atom.